The molecule has 1 unspecified atom stereocenters. The van der Waals surface area contributed by atoms with E-state index in [-0.39, 0.29) is 0 Å². The predicted molar refractivity (Wildman–Crippen MR) is 47.0 cm³/mol. The summed E-state index contributed by atoms with van der Waals surface area (Å²) in [5.74, 6) is 0. The van der Waals surface area contributed by atoms with E-state index in [1.54, 1.807) is 0 Å². The number of rotatable bonds is 2. The molecule has 0 aliphatic carbocycles. The molecular weight excluding hydrogens is 154 g/mol. The molecule has 0 bridgehead atoms. The molecular formula is C9H17NO2. The first-order valence-electron chi connectivity index (χ1n) is 4.52. The molecule has 1 N–H and O–H groups in total. The molecule has 1 rings (SSSR count). The van der Waals surface area contributed by atoms with Gasteiger partial charge in [-0.1, -0.05) is 0 Å². The van der Waals surface area contributed by atoms with Crippen molar-refractivity contribution in [2.75, 3.05) is 19.6 Å². The van der Waals surface area contributed by atoms with Crippen LogP contribution in [-0.2, 0) is 4.79 Å². The number of aldehydes is 1. The van der Waals surface area contributed by atoms with E-state index in [0.717, 1.165) is 38.6 Å². The van der Waals surface area contributed by atoms with Gasteiger partial charge >= 0.3 is 0 Å². The van der Waals surface area contributed by atoms with Crippen LogP contribution in [0.5, 0.6) is 0 Å². The average molecular weight is 171 g/mol. The van der Waals surface area contributed by atoms with Crippen LogP contribution in [0.3, 0.4) is 0 Å². The second-order valence-electron chi connectivity index (χ2n) is 3.82. The lowest BCUT2D eigenvalue weighted by atomic mass is 9.98. The molecule has 1 aliphatic rings. The molecule has 0 amide bonds. The van der Waals surface area contributed by atoms with Crippen LogP contribution in [0, 0.1) is 0 Å². The monoisotopic (exact) mass is 171 g/mol. The second kappa shape index (κ2) is 4.01. The van der Waals surface area contributed by atoms with Gasteiger partial charge in [0.2, 0.25) is 0 Å². The molecule has 0 aromatic rings. The summed E-state index contributed by atoms with van der Waals surface area (Å²) in [5.41, 5.74) is -0.516. The second-order valence-corrected chi connectivity index (χ2v) is 3.82. The molecule has 3 nitrogen and oxygen atoms in total. The van der Waals surface area contributed by atoms with Gasteiger partial charge in [0, 0.05) is 6.54 Å². The number of aliphatic hydroxyl groups is 1. The van der Waals surface area contributed by atoms with Crippen molar-refractivity contribution in [2.24, 2.45) is 0 Å². The van der Waals surface area contributed by atoms with Gasteiger partial charge < -0.3 is 9.90 Å². The topological polar surface area (TPSA) is 40.5 Å². The van der Waals surface area contributed by atoms with Crippen LogP contribution in [0.4, 0.5) is 0 Å². The van der Waals surface area contributed by atoms with Crippen LogP contribution < -0.4 is 0 Å². The lowest BCUT2D eigenvalue weighted by molar-refractivity contribution is -0.108. The summed E-state index contributed by atoms with van der Waals surface area (Å²) >= 11 is 0. The maximum absolute atomic E-state index is 10.2. The third-order valence-corrected chi connectivity index (χ3v) is 2.49. The minimum absolute atomic E-state index is 0.510. The quantitative estimate of drug-likeness (QED) is 0.612. The lowest BCUT2D eigenvalue weighted by Crippen LogP contribution is -2.29. The highest BCUT2D eigenvalue weighted by Gasteiger charge is 2.24. The highest BCUT2D eigenvalue weighted by Crippen LogP contribution is 2.20. The highest BCUT2D eigenvalue weighted by molar-refractivity contribution is 5.51. The SMILES string of the molecule is CC1(O)CCCN(CC=O)CC1. The molecule has 1 fully saturated rings. The number of hydrogen-bond donors (Lipinski definition) is 1. The summed E-state index contributed by atoms with van der Waals surface area (Å²) in [4.78, 5) is 12.3. The summed E-state index contributed by atoms with van der Waals surface area (Å²) in [6, 6.07) is 0. The van der Waals surface area contributed by atoms with Gasteiger partial charge in [0.05, 0.1) is 12.1 Å². The first-order chi connectivity index (χ1) is 5.64. The number of likely N-dealkylation sites (tertiary alicyclic amines) is 1. The first-order valence-corrected chi connectivity index (χ1v) is 4.52. The first kappa shape index (κ1) is 9.68. The molecule has 0 spiro atoms. The van der Waals surface area contributed by atoms with Crippen molar-refractivity contribution in [3.63, 3.8) is 0 Å². The molecule has 1 aliphatic heterocycles. The fourth-order valence-electron chi connectivity index (χ4n) is 1.61. The van der Waals surface area contributed by atoms with Crippen LogP contribution in [0.1, 0.15) is 26.2 Å². The molecule has 1 atom stereocenters. The van der Waals surface area contributed by atoms with Crippen LogP contribution in [-0.4, -0.2) is 41.5 Å². The fraction of sp³-hybridized carbons (Fsp3) is 0.889. The Balaban J connectivity index is 2.39. The molecule has 1 heterocycles. The number of hydrogen-bond acceptors (Lipinski definition) is 3. The Morgan fingerprint density at radius 3 is 2.92 bits per heavy atom. The van der Waals surface area contributed by atoms with E-state index in [2.05, 4.69) is 4.90 Å². The van der Waals surface area contributed by atoms with Crippen LogP contribution in [0.25, 0.3) is 0 Å². The standard InChI is InChI=1S/C9H17NO2/c1-9(12)3-2-5-10(6-4-9)7-8-11/h8,12H,2-7H2,1H3. The Morgan fingerprint density at radius 1 is 1.50 bits per heavy atom. The van der Waals surface area contributed by atoms with Gasteiger partial charge in [-0.05, 0) is 32.7 Å². The van der Waals surface area contributed by atoms with Crippen molar-refractivity contribution in [1.29, 1.82) is 0 Å². The summed E-state index contributed by atoms with van der Waals surface area (Å²) in [7, 11) is 0. The minimum Gasteiger partial charge on any atom is -0.390 e. The minimum atomic E-state index is -0.516. The van der Waals surface area contributed by atoms with E-state index in [1.807, 2.05) is 6.92 Å². The van der Waals surface area contributed by atoms with Crippen LogP contribution in [0.15, 0.2) is 0 Å². The average Bonchev–Trinajstić information content (AvgIpc) is 2.14. The van der Waals surface area contributed by atoms with Crippen molar-refractivity contribution in [3.8, 4) is 0 Å². The van der Waals surface area contributed by atoms with Crippen molar-refractivity contribution >= 4 is 6.29 Å². The van der Waals surface area contributed by atoms with Gasteiger partial charge in [-0.25, -0.2) is 0 Å². The van der Waals surface area contributed by atoms with Gasteiger partial charge in [-0.15, -0.1) is 0 Å². The number of nitrogens with zero attached hydrogens (tertiary/aromatic N) is 1. The summed E-state index contributed by atoms with van der Waals surface area (Å²) in [6.45, 7) is 4.16. The Hall–Kier alpha value is -0.410. The Morgan fingerprint density at radius 2 is 2.25 bits per heavy atom. The third kappa shape index (κ3) is 2.91. The van der Waals surface area contributed by atoms with Crippen molar-refractivity contribution in [2.45, 2.75) is 31.8 Å². The zero-order valence-electron chi connectivity index (χ0n) is 7.62. The summed E-state index contributed by atoms with van der Waals surface area (Å²) in [6.07, 6.45) is 3.55. The van der Waals surface area contributed by atoms with E-state index in [1.165, 1.54) is 0 Å². The zero-order chi connectivity index (χ0) is 9.03. The maximum atomic E-state index is 10.2. The molecule has 70 valence electrons. The van der Waals surface area contributed by atoms with Crippen LogP contribution >= 0.6 is 0 Å². The normalized spacial score (nSPS) is 32.8. The number of carbonyl (C=O) groups is 1. The molecule has 0 aromatic carbocycles. The molecule has 1 saturated heterocycles. The largest absolute Gasteiger partial charge is 0.390 e. The molecule has 0 radical (unpaired) electrons. The van der Waals surface area contributed by atoms with E-state index < -0.39 is 5.60 Å². The van der Waals surface area contributed by atoms with Crippen LogP contribution in [0.2, 0.25) is 0 Å². The molecule has 0 saturated carbocycles. The smallest absolute Gasteiger partial charge is 0.133 e. The zero-order valence-corrected chi connectivity index (χ0v) is 7.62. The number of carbonyl (C=O) groups excluding carboxylic acids is 1. The molecule has 3 heteroatoms. The molecule has 0 aromatic heterocycles. The Bertz CT molecular complexity index is 157. The van der Waals surface area contributed by atoms with Gasteiger partial charge in [0.15, 0.2) is 0 Å². The lowest BCUT2D eigenvalue weighted by Gasteiger charge is -2.20. The summed E-state index contributed by atoms with van der Waals surface area (Å²) in [5, 5.41) is 9.73. The van der Waals surface area contributed by atoms with Gasteiger partial charge in [0.25, 0.3) is 0 Å². The van der Waals surface area contributed by atoms with E-state index in [0.29, 0.717) is 6.54 Å². The van der Waals surface area contributed by atoms with E-state index >= 15 is 0 Å². The predicted octanol–water partition coefficient (Wildman–Crippen LogP) is 0.422. The third-order valence-electron chi connectivity index (χ3n) is 2.49. The summed E-state index contributed by atoms with van der Waals surface area (Å²) < 4.78 is 0. The van der Waals surface area contributed by atoms with E-state index in [9.17, 15) is 9.90 Å². The van der Waals surface area contributed by atoms with Crippen molar-refractivity contribution < 1.29 is 9.90 Å². The van der Waals surface area contributed by atoms with Crippen molar-refractivity contribution in [3.05, 3.63) is 0 Å². The highest BCUT2D eigenvalue weighted by atomic mass is 16.3. The van der Waals surface area contributed by atoms with Crippen molar-refractivity contribution in [1.82, 2.24) is 4.90 Å². The molecule has 12 heavy (non-hydrogen) atoms. The van der Waals surface area contributed by atoms with Gasteiger partial charge in [0.1, 0.15) is 6.29 Å². The Kier molecular flexibility index (Phi) is 3.23. The van der Waals surface area contributed by atoms with E-state index in [4.69, 9.17) is 0 Å². The Labute approximate surface area is 73.4 Å². The van der Waals surface area contributed by atoms with Gasteiger partial charge in [-0.2, -0.15) is 0 Å². The maximum Gasteiger partial charge on any atom is 0.133 e. The van der Waals surface area contributed by atoms with Gasteiger partial charge in [-0.3, -0.25) is 4.90 Å². The fourth-order valence-corrected chi connectivity index (χ4v) is 1.61.